The molecule has 0 aliphatic rings. The summed E-state index contributed by atoms with van der Waals surface area (Å²) in [5.41, 5.74) is 0.292. The highest BCUT2D eigenvalue weighted by molar-refractivity contribution is 5.76. The third-order valence-corrected chi connectivity index (χ3v) is 1.99. The Morgan fingerprint density at radius 1 is 1.44 bits per heavy atom. The summed E-state index contributed by atoms with van der Waals surface area (Å²) in [4.78, 5) is 20.8. The maximum absolute atomic E-state index is 12.8. The molecule has 0 saturated carbocycles. The number of aliphatic carboxylic acids is 1. The molecule has 0 fully saturated rings. The van der Waals surface area contributed by atoms with Crippen molar-refractivity contribution in [1.29, 1.82) is 0 Å². The molecule has 1 aromatic carbocycles. The molecule has 1 rings (SSSR count). The van der Waals surface area contributed by atoms with E-state index in [9.17, 15) is 18.4 Å². The van der Waals surface area contributed by atoms with E-state index in [0.29, 0.717) is 5.56 Å². The molecular formula is C10H9F2NO3. The summed E-state index contributed by atoms with van der Waals surface area (Å²) in [6.07, 6.45) is 0.143. The molecule has 1 unspecified atom stereocenters. The first-order valence-corrected chi connectivity index (χ1v) is 4.41. The fraction of sp³-hybridized carbons (Fsp3) is 0.200. The number of carbonyl (C=O) groups is 2. The minimum Gasteiger partial charge on any atom is -0.480 e. The van der Waals surface area contributed by atoms with E-state index in [1.165, 1.54) is 6.07 Å². The maximum Gasteiger partial charge on any atom is 0.326 e. The van der Waals surface area contributed by atoms with Crippen molar-refractivity contribution in [2.75, 3.05) is 0 Å². The lowest BCUT2D eigenvalue weighted by molar-refractivity contribution is -0.140. The Hall–Kier alpha value is -1.98. The van der Waals surface area contributed by atoms with Crippen LogP contribution in [-0.2, 0) is 16.0 Å². The molecule has 1 atom stereocenters. The van der Waals surface area contributed by atoms with E-state index >= 15 is 0 Å². The molecule has 4 nitrogen and oxygen atoms in total. The molecule has 0 radical (unpaired) electrons. The van der Waals surface area contributed by atoms with Gasteiger partial charge in [-0.2, -0.15) is 0 Å². The normalized spacial score (nSPS) is 11.9. The molecule has 0 spiro atoms. The number of amides is 1. The molecule has 16 heavy (non-hydrogen) atoms. The fourth-order valence-electron chi connectivity index (χ4n) is 1.20. The lowest BCUT2D eigenvalue weighted by Crippen LogP contribution is -2.37. The highest BCUT2D eigenvalue weighted by Crippen LogP contribution is 2.10. The Labute approximate surface area is 89.9 Å². The van der Waals surface area contributed by atoms with Crippen molar-refractivity contribution in [3.05, 3.63) is 35.4 Å². The summed E-state index contributed by atoms with van der Waals surface area (Å²) in [5.74, 6) is -3.29. The number of hydrogen-bond donors (Lipinski definition) is 2. The Balaban J connectivity index is 2.81. The smallest absolute Gasteiger partial charge is 0.326 e. The maximum atomic E-state index is 12.8. The standard InChI is InChI=1S/C10H9F2NO3/c11-7-2-1-6(3-8(7)12)4-9(10(15)16)13-5-14/h1-3,5,9H,4H2,(H,13,14)(H,15,16). The van der Waals surface area contributed by atoms with Gasteiger partial charge in [-0.15, -0.1) is 0 Å². The van der Waals surface area contributed by atoms with Gasteiger partial charge in [0.05, 0.1) is 0 Å². The topological polar surface area (TPSA) is 66.4 Å². The quantitative estimate of drug-likeness (QED) is 0.730. The van der Waals surface area contributed by atoms with Gasteiger partial charge in [0.1, 0.15) is 6.04 Å². The SMILES string of the molecule is O=CNC(Cc1ccc(F)c(F)c1)C(=O)O. The van der Waals surface area contributed by atoms with Crippen LogP contribution in [0.15, 0.2) is 18.2 Å². The average molecular weight is 229 g/mol. The lowest BCUT2D eigenvalue weighted by Gasteiger charge is -2.10. The van der Waals surface area contributed by atoms with Gasteiger partial charge in [0.25, 0.3) is 0 Å². The summed E-state index contributed by atoms with van der Waals surface area (Å²) in [6.45, 7) is 0. The summed E-state index contributed by atoms with van der Waals surface area (Å²) in [6, 6.07) is 1.92. The van der Waals surface area contributed by atoms with E-state index in [2.05, 4.69) is 5.32 Å². The average Bonchev–Trinajstić information content (AvgIpc) is 2.22. The van der Waals surface area contributed by atoms with Gasteiger partial charge in [-0.25, -0.2) is 13.6 Å². The molecule has 0 bridgehead atoms. The highest BCUT2D eigenvalue weighted by atomic mass is 19.2. The van der Waals surface area contributed by atoms with Crippen molar-refractivity contribution in [3.63, 3.8) is 0 Å². The van der Waals surface area contributed by atoms with E-state index < -0.39 is 23.6 Å². The van der Waals surface area contributed by atoms with Crippen LogP contribution in [0.4, 0.5) is 8.78 Å². The van der Waals surface area contributed by atoms with Crippen LogP contribution in [0.1, 0.15) is 5.56 Å². The largest absolute Gasteiger partial charge is 0.480 e. The first-order chi connectivity index (χ1) is 7.54. The van der Waals surface area contributed by atoms with Crippen LogP contribution >= 0.6 is 0 Å². The molecule has 0 aliphatic carbocycles. The second-order valence-electron chi connectivity index (χ2n) is 3.13. The van der Waals surface area contributed by atoms with E-state index in [1.807, 2.05) is 0 Å². The molecule has 0 aromatic heterocycles. The molecular weight excluding hydrogens is 220 g/mol. The molecule has 0 aliphatic heterocycles. The van der Waals surface area contributed by atoms with Gasteiger partial charge in [0, 0.05) is 6.42 Å². The number of nitrogens with one attached hydrogen (secondary N) is 1. The molecule has 1 amide bonds. The second-order valence-corrected chi connectivity index (χ2v) is 3.13. The van der Waals surface area contributed by atoms with Crippen LogP contribution in [-0.4, -0.2) is 23.5 Å². The number of carboxylic acids is 1. The lowest BCUT2D eigenvalue weighted by atomic mass is 10.1. The van der Waals surface area contributed by atoms with Crippen molar-refractivity contribution in [2.24, 2.45) is 0 Å². The van der Waals surface area contributed by atoms with Crippen LogP contribution in [0, 0.1) is 11.6 Å². The van der Waals surface area contributed by atoms with Gasteiger partial charge in [-0.1, -0.05) is 6.07 Å². The van der Waals surface area contributed by atoms with Crippen LogP contribution in [0.25, 0.3) is 0 Å². The predicted octanol–water partition coefficient (Wildman–Crippen LogP) is 0.706. The summed E-state index contributed by atoms with van der Waals surface area (Å²) in [5, 5.41) is 10.8. The third kappa shape index (κ3) is 3.01. The van der Waals surface area contributed by atoms with Gasteiger partial charge >= 0.3 is 5.97 Å². The predicted molar refractivity (Wildman–Crippen MR) is 50.7 cm³/mol. The number of hydrogen-bond acceptors (Lipinski definition) is 2. The molecule has 2 N–H and O–H groups in total. The Morgan fingerprint density at radius 2 is 2.12 bits per heavy atom. The minimum absolute atomic E-state index is 0.106. The Bertz CT molecular complexity index is 409. The van der Waals surface area contributed by atoms with Crippen molar-refractivity contribution in [1.82, 2.24) is 5.32 Å². The molecule has 1 aromatic rings. The third-order valence-electron chi connectivity index (χ3n) is 1.99. The van der Waals surface area contributed by atoms with Gasteiger partial charge in [-0.3, -0.25) is 4.79 Å². The molecule has 0 saturated heterocycles. The minimum atomic E-state index is -1.24. The van der Waals surface area contributed by atoms with E-state index in [4.69, 9.17) is 5.11 Å². The number of benzene rings is 1. The van der Waals surface area contributed by atoms with Crippen LogP contribution in [0.5, 0.6) is 0 Å². The van der Waals surface area contributed by atoms with Gasteiger partial charge in [-0.05, 0) is 17.7 Å². The van der Waals surface area contributed by atoms with Gasteiger partial charge < -0.3 is 10.4 Å². The highest BCUT2D eigenvalue weighted by Gasteiger charge is 2.17. The first-order valence-electron chi connectivity index (χ1n) is 4.41. The zero-order valence-electron chi connectivity index (χ0n) is 8.11. The number of carboxylic acid groups (broad SMARTS) is 1. The summed E-state index contributed by atoms with van der Waals surface area (Å²) >= 11 is 0. The van der Waals surface area contributed by atoms with Gasteiger partial charge in [0.2, 0.25) is 6.41 Å². The van der Waals surface area contributed by atoms with Crippen molar-refractivity contribution < 1.29 is 23.5 Å². The van der Waals surface area contributed by atoms with Crippen LogP contribution < -0.4 is 5.32 Å². The van der Waals surface area contributed by atoms with E-state index in [0.717, 1.165) is 12.1 Å². The zero-order valence-corrected chi connectivity index (χ0v) is 8.11. The van der Waals surface area contributed by atoms with Gasteiger partial charge in [0.15, 0.2) is 11.6 Å². The number of rotatable bonds is 5. The zero-order chi connectivity index (χ0) is 12.1. The van der Waals surface area contributed by atoms with Crippen LogP contribution in [0.3, 0.4) is 0 Å². The van der Waals surface area contributed by atoms with Crippen molar-refractivity contribution in [3.8, 4) is 0 Å². The Morgan fingerprint density at radius 3 is 2.62 bits per heavy atom. The van der Waals surface area contributed by atoms with Crippen LogP contribution in [0.2, 0.25) is 0 Å². The van der Waals surface area contributed by atoms with Crippen molar-refractivity contribution in [2.45, 2.75) is 12.5 Å². The fourth-order valence-corrected chi connectivity index (χ4v) is 1.20. The first kappa shape index (κ1) is 12.1. The van der Waals surface area contributed by atoms with E-state index in [-0.39, 0.29) is 12.8 Å². The molecule has 0 heterocycles. The number of carbonyl (C=O) groups excluding carboxylic acids is 1. The summed E-state index contributed by atoms with van der Waals surface area (Å²) < 4.78 is 25.4. The second kappa shape index (κ2) is 5.20. The molecule has 86 valence electrons. The van der Waals surface area contributed by atoms with Crippen molar-refractivity contribution >= 4 is 12.4 Å². The number of halogens is 2. The van der Waals surface area contributed by atoms with E-state index in [1.54, 1.807) is 0 Å². The monoisotopic (exact) mass is 229 g/mol. The molecule has 6 heteroatoms. The Kier molecular flexibility index (Phi) is 3.93. The summed E-state index contributed by atoms with van der Waals surface area (Å²) in [7, 11) is 0.